The number of carbonyl (C=O) groups excluding carboxylic acids is 1. The van der Waals surface area contributed by atoms with Gasteiger partial charge in [-0.3, -0.25) is 18.7 Å². The Balaban J connectivity index is 1.78. The average Bonchev–Trinajstić information content (AvgIpc) is 2.92. The minimum atomic E-state index is -0.330. The molecule has 25 heavy (non-hydrogen) atoms. The van der Waals surface area contributed by atoms with Crippen LogP contribution in [-0.2, 0) is 18.9 Å². The lowest BCUT2D eigenvalue weighted by molar-refractivity contribution is -0.135. The molecule has 2 aliphatic heterocycles. The largest absolute Gasteiger partial charge is 0.357 e. The standard InChI is InChI=1S/C18H28N4O3/c1-19-15(12-16(23)20(2)18(19)25)22-11-7-8-14(13-22)17(24)21-9-5-3-4-6-10-21/h12,14H,3-11,13H2,1-2H3/t14-/m1/s1. The number of likely N-dealkylation sites (tertiary alicyclic amines) is 1. The number of carbonyl (C=O) groups is 1. The highest BCUT2D eigenvalue weighted by molar-refractivity contribution is 5.79. The van der Waals surface area contributed by atoms with Gasteiger partial charge < -0.3 is 9.80 Å². The molecule has 1 aromatic rings. The van der Waals surface area contributed by atoms with Gasteiger partial charge in [-0.1, -0.05) is 12.8 Å². The van der Waals surface area contributed by atoms with Gasteiger partial charge in [-0.25, -0.2) is 4.79 Å². The molecular weight excluding hydrogens is 320 g/mol. The fourth-order valence-electron chi connectivity index (χ4n) is 3.96. The Labute approximate surface area is 147 Å². The second kappa shape index (κ2) is 7.45. The lowest BCUT2D eigenvalue weighted by Crippen LogP contribution is -2.47. The Morgan fingerprint density at radius 1 is 0.960 bits per heavy atom. The van der Waals surface area contributed by atoms with E-state index in [0.717, 1.165) is 49.9 Å². The Morgan fingerprint density at radius 3 is 2.32 bits per heavy atom. The summed E-state index contributed by atoms with van der Waals surface area (Å²) in [5.74, 6) is 0.799. The molecule has 7 nitrogen and oxygen atoms in total. The van der Waals surface area contributed by atoms with E-state index in [1.165, 1.54) is 30.5 Å². The third-order valence-electron chi connectivity index (χ3n) is 5.51. The molecule has 0 N–H and O–H groups in total. The maximum absolute atomic E-state index is 12.9. The zero-order valence-electron chi connectivity index (χ0n) is 15.2. The molecule has 2 fully saturated rings. The van der Waals surface area contributed by atoms with Crippen LogP contribution in [0.3, 0.4) is 0 Å². The van der Waals surface area contributed by atoms with Gasteiger partial charge in [-0.15, -0.1) is 0 Å². The van der Waals surface area contributed by atoms with Gasteiger partial charge in [0.15, 0.2) is 0 Å². The summed E-state index contributed by atoms with van der Waals surface area (Å²) in [7, 11) is 3.16. The maximum Gasteiger partial charge on any atom is 0.332 e. The van der Waals surface area contributed by atoms with Gasteiger partial charge in [0.05, 0.1) is 5.92 Å². The summed E-state index contributed by atoms with van der Waals surface area (Å²) < 4.78 is 2.60. The van der Waals surface area contributed by atoms with Gasteiger partial charge in [0.1, 0.15) is 5.82 Å². The van der Waals surface area contributed by atoms with Crippen LogP contribution in [0.5, 0.6) is 0 Å². The van der Waals surface area contributed by atoms with Crippen molar-refractivity contribution in [1.82, 2.24) is 14.0 Å². The van der Waals surface area contributed by atoms with E-state index in [1.807, 2.05) is 9.80 Å². The number of amides is 1. The van der Waals surface area contributed by atoms with E-state index in [4.69, 9.17) is 0 Å². The van der Waals surface area contributed by atoms with Crippen molar-refractivity contribution in [1.29, 1.82) is 0 Å². The number of hydrogen-bond acceptors (Lipinski definition) is 4. The first-order valence-electron chi connectivity index (χ1n) is 9.30. The molecule has 0 bridgehead atoms. The second-order valence-electron chi connectivity index (χ2n) is 7.27. The molecule has 3 heterocycles. The van der Waals surface area contributed by atoms with Crippen LogP contribution in [0, 0.1) is 5.92 Å². The number of rotatable bonds is 2. The summed E-state index contributed by atoms with van der Waals surface area (Å²) in [5.41, 5.74) is -0.637. The first kappa shape index (κ1) is 17.8. The van der Waals surface area contributed by atoms with E-state index >= 15 is 0 Å². The van der Waals surface area contributed by atoms with Gasteiger partial charge in [-0.2, -0.15) is 0 Å². The van der Waals surface area contributed by atoms with Crippen molar-refractivity contribution in [2.24, 2.45) is 20.0 Å². The zero-order valence-corrected chi connectivity index (χ0v) is 15.2. The molecule has 1 amide bonds. The minimum Gasteiger partial charge on any atom is -0.357 e. The predicted octanol–water partition coefficient (Wildman–Crippen LogP) is 0.703. The van der Waals surface area contributed by atoms with Crippen molar-refractivity contribution in [2.45, 2.75) is 38.5 Å². The molecule has 1 atom stereocenters. The predicted molar refractivity (Wildman–Crippen MR) is 96.9 cm³/mol. The van der Waals surface area contributed by atoms with Gasteiger partial charge in [-0.05, 0) is 25.7 Å². The van der Waals surface area contributed by atoms with Crippen LogP contribution in [0.25, 0.3) is 0 Å². The van der Waals surface area contributed by atoms with Gasteiger partial charge >= 0.3 is 5.69 Å². The van der Waals surface area contributed by atoms with Crippen molar-refractivity contribution in [2.75, 3.05) is 31.1 Å². The summed E-state index contributed by atoms with van der Waals surface area (Å²) in [6.07, 6.45) is 6.36. The van der Waals surface area contributed by atoms with Crippen molar-refractivity contribution in [3.05, 3.63) is 26.9 Å². The van der Waals surface area contributed by atoms with Crippen LogP contribution < -0.4 is 16.1 Å². The highest BCUT2D eigenvalue weighted by Gasteiger charge is 2.30. The van der Waals surface area contributed by atoms with Crippen LogP contribution in [0.2, 0.25) is 0 Å². The van der Waals surface area contributed by atoms with E-state index in [1.54, 1.807) is 7.05 Å². The second-order valence-corrected chi connectivity index (χ2v) is 7.27. The average molecular weight is 348 g/mol. The SMILES string of the molecule is Cn1c(N2CCC[C@@H](C(=O)N3CCCCCC3)C2)cc(=O)n(C)c1=O. The smallest absolute Gasteiger partial charge is 0.332 e. The summed E-state index contributed by atoms with van der Waals surface area (Å²) in [4.78, 5) is 41.1. The van der Waals surface area contributed by atoms with Crippen LogP contribution in [0.1, 0.15) is 38.5 Å². The van der Waals surface area contributed by atoms with E-state index in [2.05, 4.69) is 0 Å². The maximum atomic E-state index is 12.9. The molecule has 0 aromatic carbocycles. The fraction of sp³-hybridized carbons (Fsp3) is 0.722. The van der Waals surface area contributed by atoms with Gasteiger partial charge in [0, 0.05) is 46.3 Å². The van der Waals surface area contributed by atoms with Crippen molar-refractivity contribution in [3.63, 3.8) is 0 Å². The zero-order chi connectivity index (χ0) is 18.0. The molecule has 0 saturated carbocycles. The first-order valence-corrected chi connectivity index (χ1v) is 9.30. The molecular formula is C18H28N4O3. The molecule has 0 unspecified atom stereocenters. The summed E-state index contributed by atoms with van der Waals surface area (Å²) in [6, 6.07) is 1.50. The Bertz CT molecular complexity index is 744. The van der Waals surface area contributed by atoms with Crippen molar-refractivity contribution < 1.29 is 4.79 Å². The van der Waals surface area contributed by atoms with E-state index in [-0.39, 0.29) is 23.1 Å². The normalized spacial score (nSPS) is 21.9. The Hall–Kier alpha value is -2.05. The van der Waals surface area contributed by atoms with Crippen LogP contribution in [-0.4, -0.2) is 46.1 Å². The van der Waals surface area contributed by atoms with Crippen molar-refractivity contribution in [3.8, 4) is 0 Å². The van der Waals surface area contributed by atoms with Crippen LogP contribution >= 0.6 is 0 Å². The van der Waals surface area contributed by atoms with E-state index in [0.29, 0.717) is 12.4 Å². The number of nitrogens with zero attached hydrogens (tertiary/aromatic N) is 4. The number of piperidine rings is 1. The molecule has 2 aliphatic rings. The Morgan fingerprint density at radius 2 is 1.64 bits per heavy atom. The van der Waals surface area contributed by atoms with Crippen molar-refractivity contribution >= 4 is 11.7 Å². The topological polar surface area (TPSA) is 67.6 Å². The molecule has 0 spiro atoms. The van der Waals surface area contributed by atoms with Gasteiger partial charge in [0.25, 0.3) is 5.56 Å². The molecule has 0 aliphatic carbocycles. The summed E-state index contributed by atoms with van der Waals surface area (Å²) >= 11 is 0. The van der Waals surface area contributed by atoms with E-state index in [9.17, 15) is 14.4 Å². The van der Waals surface area contributed by atoms with Crippen LogP contribution in [0.4, 0.5) is 5.82 Å². The monoisotopic (exact) mass is 348 g/mol. The quantitative estimate of drug-likeness (QED) is 0.789. The lowest BCUT2D eigenvalue weighted by Gasteiger charge is -2.36. The summed E-state index contributed by atoms with van der Waals surface area (Å²) in [6.45, 7) is 3.07. The highest BCUT2D eigenvalue weighted by atomic mass is 16.2. The first-order chi connectivity index (χ1) is 12.0. The lowest BCUT2D eigenvalue weighted by atomic mass is 9.96. The highest BCUT2D eigenvalue weighted by Crippen LogP contribution is 2.24. The Kier molecular flexibility index (Phi) is 5.30. The molecule has 1 aromatic heterocycles. The number of anilines is 1. The minimum absolute atomic E-state index is 0.0500. The molecule has 3 rings (SSSR count). The third-order valence-corrected chi connectivity index (χ3v) is 5.51. The van der Waals surface area contributed by atoms with Crippen LogP contribution in [0.15, 0.2) is 15.7 Å². The molecule has 138 valence electrons. The molecule has 7 heteroatoms. The summed E-state index contributed by atoms with van der Waals surface area (Å²) in [5, 5.41) is 0. The molecule has 0 radical (unpaired) electrons. The van der Waals surface area contributed by atoms with Gasteiger partial charge in [0.2, 0.25) is 5.91 Å². The molecule has 2 saturated heterocycles. The number of aromatic nitrogens is 2. The van der Waals surface area contributed by atoms with E-state index < -0.39 is 0 Å². The third kappa shape index (κ3) is 3.65. The fourth-order valence-corrected chi connectivity index (χ4v) is 3.96. The number of hydrogen-bond donors (Lipinski definition) is 0.